The van der Waals surface area contributed by atoms with Crippen molar-refractivity contribution >= 4 is 17.8 Å². The zero-order chi connectivity index (χ0) is 15.1. The number of imide groups is 1. The van der Waals surface area contributed by atoms with Gasteiger partial charge in [0.25, 0.3) is 0 Å². The molecule has 1 fully saturated rings. The number of hydrogen-bond donors (Lipinski definition) is 1. The maximum atomic E-state index is 12.5. The first kappa shape index (κ1) is 14.8. The number of amides is 2. The summed E-state index contributed by atoms with van der Waals surface area (Å²) in [5.41, 5.74) is -0.454. The largest absolute Gasteiger partial charge is 0.481 e. The average molecular weight is 279 g/mol. The van der Waals surface area contributed by atoms with Gasteiger partial charge < -0.3 is 5.11 Å². The Morgan fingerprint density at radius 2 is 1.70 bits per heavy atom. The highest BCUT2D eigenvalue weighted by atomic mass is 16.4. The number of carbonyl (C=O) groups is 3. The summed E-state index contributed by atoms with van der Waals surface area (Å²) in [5, 5.41) is 9.08. The standard InChI is InChI=1S/C15H21NO4/c1-15(2,3)11(8-12(17)18)16-13(19)9-6-4-5-7-10(9)14(16)20/h4-5,9-11H,6-8H2,1-3H3,(H,17,18)/t9-,10+,11?. The van der Waals surface area contributed by atoms with Crippen LogP contribution in [0.2, 0.25) is 0 Å². The van der Waals surface area contributed by atoms with Crippen LogP contribution in [0.15, 0.2) is 12.2 Å². The normalized spacial score (nSPS) is 27.6. The Balaban J connectivity index is 2.32. The summed E-state index contributed by atoms with van der Waals surface area (Å²) in [5.74, 6) is -1.99. The molecular weight excluding hydrogens is 258 g/mol. The van der Waals surface area contributed by atoms with Crippen molar-refractivity contribution in [2.45, 2.75) is 46.1 Å². The van der Waals surface area contributed by atoms with Crippen LogP contribution in [0.5, 0.6) is 0 Å². The fraction of sp³-hybridized carbons (Fsp3) is 0.667. The number of fused-ring (bicyclic) bond motifs is 1. The number of carbonyl (C=O) groups excluding carboxylic acids is 2. The van der Waals surface area contributed by atoms with Gasteiger partial charge in [-0.05, 0) is 18.3 Å². The van der Waals surface area contributed by atoms with Crippen LogP contribution in [0.25, 0.3) is 0 Å². The van der Waals surface area contributed by atoms with E-state index >= 15 is 0 Å². The molecule has 1 aliphatic heterocycles. The van der Waals surface area contributed by atoms with E-state index in [2.05, 4.69) is 0 Å². The maximum Gasteiger partial charge on any atom is 0.305 e. The third-order valence-corrected chi connectivity index (χ3v) is 4.22. The van der Waals surface area contributed by atoms with Crippen molar-refractivity contribution in [3.05, 3.63) is 12.2 Å². The second-order valence-corrected chi connectivity index (χ2v) is 6.68. The van der Waals surface area contributed by atoms with Gasteiger partial charge in [0.15, 0.2) is 0 Å². The molecule has 1 unspecified atom stereocenters. The number of rotatable bonds is 3. The summed E-state index contributed by atoms with van der Waals surface area (Å²) >= 11 is 0. The van der Waals surface area contributed by atoms with Gasteiger partial charge in [-0.1, -0.05) is 32.9 Å². The highest BCUT2D eigenvalue weighted by Gasteiger charge is 2.52. The SMILES string of the molecule is CC(C)(C)C(CC(=O)O)N1C(=O)[C@H]2CC=CC[C@H]2C1=O. The lowest BCUT2D eigenvalue weighted by atomic mass is 9.83. The molecule has 0 radical (unpaired) electrons. The Hall–Kier alpha value is -1.65. The Kier molecular flexibility index (Phi) is 3.71. The summed E-state index contributed by atoms with van der Waals surface area (Å²) in [7, 11) is 0. The summed E-state index contributed by atoms with van der Waals surface area (Å²) < 4.78 is 0. The van der Waals surface area contributed by atoms with Crippen LogP contribution >= 0.6 is 0 Å². The van der Waals surface area contributed by atoms with E-state index in [-0.39, 0.29) is 30.1 Å². The lowest BCUT2D eigenvalue weighted by Crippen LogP contribution is -2.49. The van der Waals surface area contributed by atoms with E-state index in [1.165, 1.54) is 4.90 Å². The number of allylic oxidation sites excluding steroid dienone is 2. The molecule has 0 aromatic carbocycles. The highest BCUT2D eigenvalue weighted by Crippen LogP contribution is 2.40. The van der Waals surface area contributed by atoms with E-state index in [4.69, 9.17) is 5.11 Å². The molecule has 0 aromatic heterocycles. The summed E-state index contributed by atoms with van der Waals surface area (Å²) in [6.07, 6.45) is 4.82. The minimum atomic E-state index is -0.987. The highest BCUT2D eigenvalue weighted by molar-refractivity contribution is 6.06. The second-order valence-electron chi connectivity index (χ2n) is 6.68. The molecule has 0 aromatic rings. The van der Waals surface area contributed by atoms with Gasteiger partial charge in [0.1, 0.15) is 0 Å². The van der Waals surface area contributed by atoms with Crippen molar-refractivity contribution in [1.29, 1.82) is 0 Å². The number of carboxylic acids is 1. The zero-order valence-corrected chi connectivity index (χ0v) is 12.1. The molecular formula is C15H21NO4. The monoisotopic (exact) mass is 279 g/mol. The van der Waals surface area contributed by atoms with Crippen molar-refractivity contribution < 1.29 is 19.5 Å². The summed E-state index contributed by atoms with van der Waals surface area (Å²) in [6, 6.07) is -0.592. The number of likely N-dealkylation sites (tertiary alicyclic amines) is 1. The molecule has 2 aliphatic rings. The number of hydrogen-bond acceptors (Lipinski definition) is 3. The third-order valence-electron chi connectivity index (χ3n) is 4.22. The molecule has 0 spiro atoms. The van der Waals surface area contributed by atoms with E-state index in [1.54, 1.807) is 0 Å². The smallest absolute Gasteiger partial charge is 0.305 e. The van der Waals surface area contributed by atoms with Gasteiger partial charge in [-0.2, -0.15) is 0 Å². The van der Waals surface area contributed by atoms with Gasteiger partial charge in [-0.25, -0.2) is 0 Å². The van der Waals surface area contributed by atoms with Crippen LogP contribution in [0.4, 0.5) is 0 Å². The Bertz CT molecular complexity index is 449. The molecule has 1 saturated heterocycles. The molecule has 1 N–H and O–H groups in total. The van der Waals surface area contributed by atoms with Gasteiger partial charge in [-0.15, -0.1) is 0 Å². The molecule has 0 bridgehead atoms. The predicted molar refractivity (Wildman–Crippen MR) is 72.7 cm³/mol. The van der Waals surface area contributed by atoms with Crippen LogP contribution in [-0.4, -0.2) is 33.8 Å². The zero-order valence-electron chi connectivity index (χ0n) is 12.1. The van der Waals surface area contributed by atoms with E-state index < -0.39 is 17.4 Å². The van der Waals surface area contributed by atoms with Crippen LogP contribution in [0, 0.1) is 17.3 Å². The third kappa shape index (κ3) is 2.49. The number of carboxylic acid groups (broad SMARTS) is 1. The summed E-state index contributed by atoms with van der Waals surface area (Å²) in [4.78, 5) is 37.3. The minimum Gasteiger partial charge on any atom is -0.481 e. The first-order chi connectivity index (χ1) is 9.23. The van der Waals surface area contributed by atoms with Crippen molar-refractivity contribution in [1.82, 2.24) is 4.90 Å². The van der Waals surface area contributed by atoms with Gasteiger partial charge in [0.05, 0.1) is 24.3 Å². The van der Waals surface area contributed by atoms with Gasteiger partial charge in [0, 0.05) is 0 Å². The quantitative estimate of drug-likeness (QED) is 0.631. The van der Waals surface area contributed by atoms with Crippen molar-refractivity contribution in [2.75, 3.05) is 0 Å². The Morgan fingerprint density at radius 3 is 2.05 bits per heavy atom. The van der Waals surface area contributed by atoms with Crippen LogP contribution < -0.4 is 0 Å². The number of nitrogens with zero attached hydrogens (tertiary/aromatic N) is 1. The first-order valence-electron chi connectivity index (χ1n) is 6.97. The van der Waals surface area contributed by atoms with Gasteiger partial charge >= 0.3 is 5.97 Å². The van der Waals surface area contributed by atoms with E-state index in [1.807, 2.05) is 32.9 Å². The molecule has 1 heterocycles. The van der Waals surface area contributed by atoms with Crippen molar-refractivity contribution in [2.24, 2.45) is 17.3 Å². The van der Waals surface area contributed by atoms with Gasteiger partial charge in [0.2, 0.25) is 11.8 Å². The molecule has 110 valence electrons. The van der Waals surface area contributed by atoms with E-state index in [0.717, 1.165) is 0 Å². The molecule has 5 nitrogen and oxygen atoms in total. The molecule has 0 saturated carbocycles. The molecule has 5 heteroatoms. The molecule has 2 amide bonds. The molecule has 1 aliphatic carbocycles. The fourth-order valence-corrected chi connectivity index (χ4v) is 3.08. The minimum absolute atomic E-state index is 0.201. The molecule has 20 heavy (non-hydrogen) atoms. The lowest BCUT2D eigenvalue weighted by molar-refractivity contribution is -0.148. The lowest BCUT2D eigenvalue weighted by Gasteiger charge is -2.36. The summed E-state index contributed by atoms with van der Waals surface area (Å²) in [6.45, 7) is 5.59. The average Bonchev–Trinajstić information content (AvgIpc) is 2.59. The molecule has 2 rings (SSSR count). The first-order valence-corrected chi connectivity index (χ1v) is 6.97. The Morgan fingerprint density at radius 1 is 1.25 bits per heavy atom. The Labute approximate surface area is 118 Å². The van der Waals surface area contributed by atoms with Crippen LogP contribution in [0.1, 0.15) is 40.0 Å². The number of aliphatic carboxylic acids is 1. The van der Waals surface area contributed by atoms with Gasteiger partial charge in [-0.3, -0.25) is 19.3 Å². The predicted octanol–water partition coefficient (Wildman–Crippen LogP) is 1.83. The second kappa shape index (κ2) is 5.04. The van der Waals surface area contributed by atoms with E-state index in [9.17, 15) is 14.4 Å². The van der Waals surface area contributed by atoms with Crippen molar-refractivity contribution in [3.63, 3.8) is 0 Å². The van der Waals surface area contributed by atoms with Crippen molar-refractivity contribution in [3.8, 4) is 0 Å². The van der Waals surface area contributed by atoms with Crippen LogP contribution in [-0.2, 0) is 14.4 Å². The molecule has 3 atom stereocenters. The van der Waals surface area contributed by atoms with E-state index in [0.29, 0.717) is 12.8 Å². The maximum absolute atomic E-state index is 12.5. The topological polar surface area (TPSA) is 74.7 Å². The van der Waals surface area contributed by atoms with Crippen LogP contribution in [0.3, 0.4) is 0 Å². The fourth-order valence-electron chi connectivity index (χ4n) is 3.08.